The number of carbonyl (C=O) groups is 1. The summed E-state index contributed by atoms with van der Waals surface area (Å²) in [6.07, 6.45) is 6.81. The number of benzene rings is 1. The van der Waals surface area contributed by atoms with Gasteiger partial charge in [0, 0.05) is 37.7 Å². The number of hydrogen-bond acceptors (Lipinski definition) is 3. The van der Waals surface area contributed by atoms with Crippen LogP contribution in [0.1, 0.15) is 65.1 Å². The van der Waals surface area contributed by atoms with Gasteiger partial charge in [0.15, 0.2) is 0 Å². The molecular formula is C22H28N2O2. The molecule has 0 saturated heterocycles. The molecule has 1 aliphatic heterocycles. The van der Waals surface area contributed by atoms with E-state index in [2.05, 4.69) is 34.5 Å². The van der Waals surface area contributed by atoms with Crippen LogP contribution in [0, 0.1) is 6.92 Å². The summed E-state index contributed by atoms with van der Waals surface area (Å²) in [5, 5.41) is 3.26. The summed E-state index contributed by atoms with van der Waals surface area (Å²) >= 11 is 0. The highest BCUT2D eigenvalue weighted by molar-refractivity contribution is 5.97. The number of nitrogens with zero attached hydrogens (tertiary/aromatic N) is 1. The van der Waals surface area contributed by atoms with Gasteiger partial charge in [-0.2, -0.15) is 0 Å². The maximum atomic E-state index is 12.9. The van der Waals surface area contributed by atoms with E-state index < -0.39 is 0 Å². The van der Waals surface area contributed by atoms with Gasteiger partial charge < -0.3 is 9.73 Å². The van der Waals surface area contributed by atoms with Crippen LogP contribution in [0.4, 0.5) is 0 Å². The van der Waals surface area contributed by atoms with Crippen molar-refractivity contribution >= 4 is 5.91 Å². The Hall–Kier alpha value is -2.07. The summed E-state index contributed by atoms with van der Waals surface area (Å²) in [4.78, 5) is 15.3. The summed E-state index contributed by atoms with van der Waals surface area (Å²) < 4.78 is 5.96. The van der Waals surface area contributed by atoms with E-state index in [4.69, 9.17) is 4.42 Å². The lowest BCUT2D eigenvalue weighted by atomic mass is 9.94. The Kier molecular flexibility index (Phi) is 5.11. The van der Waals surface area contributed by atoms with Crippen molar-refractivity contribution in [1.29, 1.82) is 0 Å². The minimum atomic E-state index is 0.0564. The first-order chi connectivity index (χ1) is 12.7. The van der Waals surface area contributed by atoms with Crippen molar-refractivity contribution < 1.29 is 9.21 Å². The third kappa shape index (κ3) is 3.70. The Morgan fingerprint density at radius 2 is 1.96 bits per heavy atom. The van der Waals surface area contributed by atoms with E-state index >= 15 is 0 Å². The SMILES string of the molecule is Cc1oc2c(c1C(=O)NC1CCCCC1)CN(Cc1ccccc1)CC2. The van der Waals surface area contributed by atoms with E-state index in [1.165, 1.54) is 24.8 Å². The minimum Gasteiger partial charge on any atom is -0.465 e. The number of carbonyl (C=O) groups excluding carboxylic acids is 1. The molecule has 1 aliphatic carbocycles. The first-order valence-corrected chi connectivity index (χ1v) is 9.89. The largest absolute Gasteiger partial charge is 0.465 e. The fourth-order valence-electron chi connectivity index (χ4n) is 4.36. The van der Waals surface area contributed by atoms with Crippen LogP contribution in [-0.4, -0.2) is 23.4 Å². The van der Waals surface area contributed by atoms with E-state index in [1.54, 1.807) is 0 Å². The molecule has 2 heterocycles. The molecule has 1 amide bonds. The molecule has 1 aromatic carbocycles. The van der Waals surface area contributed by atoms with E-state index in [1.807, 2.05) is 13.0 Å². The van der Waals surface area contributed by atoms with Crippen molar-refractivity contribution in [3.05, 3.63) is 58.5 Å². The van der Waals surface area contributed by atoms with Gasteiger partial charge >= 0.3 is 0 Å². The highest BCUT2D eigenvalue weighted by Crippen LogP contribution is 2.29. The summed E-state index contributed by atoms with van der Waals surface area (Å²) in [5.74, 6) is 1.83. The molecule has 2 aliphatic rings. The number of aryl methyl sites for hydroxylation is 1. The van der Waals surface area contributed by atoms with E-state index in [-0.39, 0.29) is 5.91 Å². The Bertz CT molecular complexity index is 760. The first kappa shape index (κ1) is 17.3. The highest BCUT2D eigenvalue weighted by Gasteiger charge is 2.29. The van der Waals surface area contributed by atoms with Crippen LogP contribution in [0.25, 0.3) is 0 Å². The van der Waals surface area contributed by atoms with Crippen LogP contribution in [0.3, 0.4) is 0 Å². The molecule has 1 N–H and O–H groups in total. The number of fused-ring (bicyclic) bond motifs is 1. The zero-order valence-electron chi connectivity index (χ0n) is 15.6. The summed E-state index contributed by atoms with van der Waals surface area (Å²) in [6, 6.07) is 10.8. The van der Waals surface area contributed by atoms with Crippen molar-refractivity contribution in [1.82, 2.24) is 10.2 Å². The molecule has 0 spiro atoms. The topological polar surface area (TPSA) is 45.5 Å². The molecular weight excluding hydrogens is 324 g/mol. The van der Waals surface area contributed by atoms with Crippen molar-refractivity contribution in [2.45, 2.75) is 64.6 Å². The van der Waals surface area contributed by atoms with Crippen molar-refractivity contribution in [2.24, 2.45) is 0 Å². The monoisotopic (exact) mass is 352 g/mol. The Morgan fingerprint density at radius 1 is 1.19 bits per heavy atom. The number of amides is 1. The maximum absolute atomic E-state index is 12.9. The third-order valence-electron chi connectivity index (χ3n) is 5.72. The second kappa shape index (κ2) is 7.67. The molecule has 1 saturated carbocycles. The van der Waals surface area contributed by atoms with Gasteiger partial charge in [-0.05, 0) is 25.3 Å². The van der Waals surface area contributed by atoms with Gasteiger partial charge in [0.2, 0.25) is 0 Å². The van der Waals surface area contributed by atoms with Gasteiger partial charge in [-0.15, -0.1) is 0 Å². The average Bonchev–Trinajstić information content (AvgIpc) is 2.98. The van der Waals surface area contributed by atoms with E-state index in [0.717, 1.165) is 61.5 Å². The number of hydrogen-bond donors (Lipinski definition) is 1. The van der Waals surface area contributed by atoms with Crippen molar-refractivity contribution in [2.75, 3.05) is 6.54 Å². The fourth-order valence-corrected chi connectivity index (χ4v) is 4.36. The second-order valence-electron chi connectivity index (χ2n) is 7.69. The molecule has 4 nitrogen and oxygen atoms in total. The Morgan fingerprint density at radius 3 is 2.73 bits per heavy atom. The van der Waals surface area contributed by atoms with Crippen LogP contribution >= 0.6 is 0 Å². The molecule has 2 aromatic rings. The molecule has 1 fully saturated rings. The zero-order valence-corrected chi connectivity index (χ0v) is 15.6. The molecule has 0 radical (unpaired) electrons. The van der Waals surface area contributed by atoms with E-state index in [9.17, 15) is 4.79 Å². The summed E-state index contributed by atoms with van der Waals surface area (Å²) in [7, 11) is 0. The molecule has 4 rings (SSSR count). The number of furan rings is 1. The van der Waals surface area contributed by atoms with Gasteiger partial charge in [0.25, 0.3) is 5.91 Å². The predicted octanol–water partition coefficient (Wildman–Crippen LogP) is 4.21. The number of nitrogens with one attached hydrogen (secondary N) is 1. The minimum absolute atomic E-state index is 0.0564. The normalized spacial score (nSPS) is 18.5. The van der Waals surface area contributed by atoms with Crippen molar-refractivity contribution in [3.8, 4) is 0 Å². The Balaban J connectivity index is 1.49. The molecule has 1 aromatic heterocycles. The van der Waals surface area contributed by atoms with Gasteiger partial charge in [-0.3, -0.25) is 9.69 Å². The molecule has 138 valence electrons. The number of rotatable bonds is 4. The van der Waals surface area contributed by atoms with Crippen LogP contribution < -0.4 is 5.32 Å². The van der Waals surface area contributed by atoms with Gasteiger partial charge in [-0.1, -0.05) is 49.6 Å². The molecule has 0 unspecified atom stereocenters. The van der Waals surface area contributed by atoms with Crippen molar-refractivity contribution in [3.63, 3.8) is 0 Å². The molecule has 4 heteroatoms. The predicted molar refractivity (Wildman–Crippen MR) is 102 cm³/mol. The smallest absolute Gasteiger partial charge is 0.255 e. The lowest BCUT2D eigenvalue weighted by Gasteiger charge is -2.27. The van der Waals surface area contributed by atoms with Crippen LogP contribution in [-0.2, 0) is 19.5 Å². The quantitative estimate of drug-likeness (QED) is 0.896. The lowest BCUT2D eigenvalue weighted by molar-refractivity contribution is 0.0924. The Labute approximate surface area is 155 Å². The van der Waals surface area contributed by atoms with Gasteiger partial charge in [-0.25, -0.2) is 0 Å². The average molecular weight is 352 g/mol. The highest BCUT2D eigenvalue weighted by atomic mass is 16.3. The summed E-state index contributed by atoms with van der Waals surface area (Å²) in [5.41, 5.74) is 3.19. The lowest BCUT2D eigenvalue weighted by Crippen LogP contribution is -2.37. The zero-order chi connectivity index (χ0) is 17.9. The first-order valence-electron chi connectivity index (χ1n) is 9.89. The molecule has 0 atom stereocenters. The van der Waals surface area contributed by atoms with Crippen LogP contribution in [0.15, 0.2) is 34.7 Å². The van der Waals surface area contributed by atoms with Gasteiger partial charge in [0.05, 0.1) is 5.56 Å². The third-order valence-corrected chi connectivity index (χ3v) is 5.72. The van der Waals surface area contributed by atoms with Crippen LogP contribution in [0.2, 0.25) is 0 Å². The van der Waals surface area contributed by atoms with Gasteiger partial charge in [0.1, 0.15) is 11.5 Å². The second-order valence-corrected chi connectivity index (χ2v) is 7.69. The maximum Gasteiger partial charge on any atom is 0.255 e. The molecule has 0 bridgehead atoms. The standard InChI is InChI=1S/C22H28N2O2/c1-16-21(22(25)23-18-10-6-3-7-11-18)19-15-24(13-12-20(19)26-16)14-17-8-4-2-5-9-17/h2,4-5,8-9,18H,3,6-7,10-15H2,1H3,(H,23,25). The molecule has 26 heavy (non-hydrogen) atoms. The fraction of sp³-hybridized carbons (Fsp3) is 0.500. The summed E-state index contributed by atoms with van der Waals surface area (Å²) in [6.45, 7) is 4.59. The van der Waals surface area contributed by atoms with Crippen LogP contribution in [0.5, 0.6) is 0 Å². The van der Waals surface area contributed by atoms with E-state index in [0.29, 0.717) is 6.04 Å².